The zero-order chi connectivity index (χ0) is 32.3. The van der Waals surface area contributed by atoms with Crippen LogP contribution in [0.25, 0.3) is 5.57 Å². The maximum absolute atomic E-state index is 12.4. The molecule has 1 fully saturated rings. The summed E-state index contributed by atoms with van der Waals surface area (Å²) in [6.45, 7) is 2.31. The van der Waals surface area contributed by atoms with Gasteiger partial charge >= 0.3 is 29.2 Å². The van der Waals surface area contributed by atoms with Gasteiger partial charge in [-0.1, -0.05) is 18.4 Å². The molecule has 0 saturated carbocycles. The highest BCUT2D eigenvalue weighted by Crippen LogP contribution is 2.66. The largest absolute Gasteiger partial charge is 0.494 e. The maximum Gasteiger partial charge on any atom is 0.490 e. The molecule has 5 atom stereocenters. The van der Waals surface area contributed by atoms with Crippen molar-refractivity contribution >= 4 is 40.8 Å². The molecule has 11 N–H and O–H groups in total. The Balaban J connectivity index is 1.63. The minimum absolute atomic E-state index is 0.00400. The molecule has 1 amide bonds. The van der Waals surface area contributed by atoms with Gasteiger partial charge in [-0.25, -0.2) is 18.5 Å². The van der Waals surface area contributed by atoms with E-state index in [9.17, 15) is 48.4 Å². The molecule has 2 aromatic rings. The smallest absolute Gasteiger partial charge is 0.490 e. The summed E-state index contributed by atoms with van der Waals surface area (Å²) < 4.78 is 52.0. The first-order chi connectivity index (χ1) is 19.8. The molecule has 0 aromatic carbocycles. The Morgan fingerprint density at radius 2 is 1.91 bits per heavy atom. The highest BCUT2D eigenvalue weighted by Gasteiger charge is 2.43. The number of aromatic amines is 1. The number of hydrogen-bond donors (Lipinski definition) is 10. The Morgan fingerprint density at radius 3 is 2.51 bits per heavy atom. The average molecular weight is 671 g/mol. The molecule has 0 bridgehead atoms. The number of nitrogens with zero attached hydrogens (tertiary/aromatic N) is 2. The highest BCUT2D eigenvalue weighted by molar-refractivity contribution is 7.66. The van der Waals surface area contributed by atoms with Crippen molar-refractivity contribution in [2.45, 2.75) is 24.9 Å². The maximum atomic E-state index is 12.4. The fraction of sp³-hybridized carbons (Fsp3) is 0.316. The van der Waals surface area contributed by atoms with Crippen molar-refractivity contribution in [2.75, 3.05) is 18.9 Å². The first-order valence-electron chi connectivity index (χ1n) is 11.3. The number of carbonyl (C=O) groups is 1. The van der Waals surface area contributed by atoms with E-state index in [4.69, 9.17) is 20.3 Å². The topological polar surface area (TPSA) is 336 Å². The van der Waals surface area contributed by atoms with Gasteiger partial charge in [-0.2, -0.15) is 13.6 Å². The van der Waals surface area contributed by atoms with Gasteiger partial charge in [0, 0.05) is 24.3 Å². The molecule has 1 aliphatic heterocycles. The zero-order valence-electron chi connectivity index (χ0n) is 21.3. The first-order valence-corrected chi connectivity index (χ1v) is 15.9. The molecule has 3 heterocycles. The predicted octanol–water partition coefficient (Wildman–Crippen LogP) is -1.26. The van der Waals surface area contributed by atoms with E-state index in [1.165, 1.54) is 0 Å². The number of ether oxygens (including phenoxy) is 1. The van der Waals surface area contributed by atoms with Crippen LogP contribution in [0.4, 0.5) is 5.82 Å². The molecule has 1 aliphatic rings. The van der Waals surface area contributed by atoms with E-state index >= 15 is 0 Å². The van der Waals surface area contributed by atoms with Crippen molar-refractivity contribution in [3.8, 4) is 23.6 Å². The molecule has 21 nitrogen and oxygen atoms in total. The van der Waals surface area contributed by atoms with Crippen LogP contribution in [0, 0.1) is 11.8 Å². The number of nitrogen functional groups attached to an aromatic ring is 1. The molecule has 0 aliphatic carbocycles. The lowest BCUT2D eigenvalue weighted by molar-refractivity contribution is -0.115. The average Bonchev–Trinajstić information content (AvgIpc) is 3.39. The standard InChI is InChI=1S/C19H24N5O16P3/c1-9(11-5-14(26)22-18(11)28)17(27)21-4-2-3-10-7-24(19(29)23-16(10)20)15-6-12(25)13(38-15)8-37-42(33,34)40-43(35,36)39-41(30,31)32/h5,7,12-13,15,22,25-26,28H,1,4,6,8H2,(H,21,27)(H,33,34)(H,35,36)(H2,20,23,29)(H2,30,31,32)/t12-,13+,15+/m0/s1. The Kier molecular flexibility index (Phi) is 10.4. The van der Waals surface area contributed by atoms with Crippen molar-refractivity contribution in [1.29, 1.82) is 0 Å². The first kappa shape index (κ1) is 34.2. The molecule has 24 heteroatoms. The Bertz CT molecular complexity index is 1670. The lowest BCUT2D eigenvalue weighted by atomic mass is 10.1. The molecular weight excluding hydrogens is 647 g/mol. The third-order valence-electron chi connectivity index (χ3n) is 5.26. The SMILES string of the molecule is C=C(C(=O)NCC#Cc1cn([C@H]2C[C@H](O)[C@@H](COP(=O)(O)OP(=O)(O)OP(=O)(O)O)O2)c(=O)nc1N)c1cc(O)[nH]c1O. The van der Waals surface area contributed by atoms with E-state index in [-0.39, 0.29) is 41.4 Å². The van der Waals surface area contributed by atoms with Crippen LogP contribution >= 0.6 is 23.5 Å². The molecule has 2 aromatic heterocycles. The van der Waals surface area contributed by atoms with E-state index in [1.807, 2.05) is 0 Å². The summed E-state index contributed by atoms with van der Waals surface area (Å²) in [5.74, 6) is 3.26. The number of carbonyl (C=O) groups excluding carboxylic acids is 1. The summed E-state index contributed by atoms with van der Waals surface area (Å²) in [5.41, 5.74) is 4.59. The van der Waals surface area contributed by atoms with Crippen LogP contribution in [0.1, 0.15) is 23.8 Å². The summed E-state index contributed by atoms with van der Waals surface area (Å²) in [6.07, 6.45) is -3.25. The van der Waals surface area contributed by atoms with Gasteiger partial charge in [0.1, 0.15) is 18.1 Å². The van der Waals surface area contributed by atoms with Crippen LogP contribution < -0.4 is 16.7 Å². The van der Waals surface area contributed by atoms with Gasteiger partial charge in [0.05, 0.1) is 30.4 Å². The molecule has 0 radical (unpaired) electrons. The monoisotopic (exact) mass is 671 g/mol. The molecule has 0 spiro atoms. The number of aromatic nitrogens is 3. The number of aromatic hydroxyl groups is 2. The van der Waals surface area contributed by atoms with Crippen molar-refractivity contribution in [3.05, 3.63) is 40.5 Å². The van der Waals surface area contributed by atoms with Gasteiger partial charge < -0.3 is 50.7 Å². The van der Waals surface area contributed by atoms with Crippen LogP contribution in [0.15, 0.2) is 23.6 Å². The molecule has 3 rings (SSSR count). The molecule has 43 heavy (non-hydrogen) atoms. The van der Waals surface area contributed by atoms with Crippen molar-refractivity contribution in [3.63, 3.8) is 0 Å². The quantitative estimate of drug-likeness (QED) is 0.0756. The predicted molar refractivity (Wildman–Crippen MR) is 140 cm³/mol. The van der Waals surface area contributed by atoms with Gasteiger partial charge in [-0.05, 0) is 0 Å². The fourth-order valence-corrected chi connectivity index (χ4v) is 6.47. The summed E-state index contributed by atoms with van der Waals surface area (Å²) in [6, 6.07) is 1.09. The van der Waals surface area contributed by atoms with Crippen molar-refractivity contribution < 1.29 is 71.3 Å². The normalized spacial score (nSPS) is 21.3. The number of hydrogen-bond acceptors (Lipinski definition) is 14. The van der Waals surface area contributed by atoms with Gasteiger partial charge in [0.15, 0.2) is 11.8 Å². The number of phosphoric acid groups is 3. The van der Waals surface area contributed by atoms with Crippen molar-refractivity contribution in [1.82, 2.24) is 19.9 Å². The number of aliphatic hydroxyl groups excluding tert-OH is 1. The summed E-state index contributed by atoms with van der Waals surface area (Å²) in [7, 11) is -16.8. The van der Waals surface area contributed by atoms with Crippen LogP contribution in [0.5, 0.6) is 11.8 Å². The number of phosphoric ester groups is 1. The van der Waals surface area contributed by atoms with Crippen molar-refractivity contribution in [2.24, 2.45) is 0 Å². The number of H-pyrrole nitrogens is 1. The number of nitrogens with one attached hydrogen (secondary N) is 2. The number of aliphatic hydroxyl groups is 1. The number of amides is 1. The Hall–Kier alpha value is -3.34. The third-order valence-corrected chi connectivity index (χ3v) is 9.06. The molecule has 1 saturated heterocycles. The second kappa shape index (κ2) is 13.1. The number of anilines is 1. The Morgan fingerprint density at radius 1 is 1.23 bits per heavy atom. The summed E-state index contributed by atoms with van der Waals surface area (Å²) in [4.78, 5) is 66.4. The minimum Gasteiger partial charge on any atom is -0.494 e. The van der Waals surface area contributed by atoms with Crippen LogP contribution in [-0.4, -0.2) is 80.7 Å². The highest BCUT2D eigenvalue weighted by atomic mass is 31.3. The van der Waals surface area contributed by atoms with Gasteiger partial charge in [0.2, 0.25) is 0 Å². The van der Waals surface area contributed by atoms with E-state index in [2.05, 4.69) is 46.8 Å². The zero-order valence-corrected chi connectivity index (χ0v) is 24.0. The van der Waals surface area contributed by atoms with Crippen LogP contribution in [0.2, 0.25) is 0 Å². The van der Waals surface area contributed by atoms with Crippen LogP contribution in [0.3, 0.4) is 0 Å². The fourth-order valence-electron chi connectivity index (χ4n) is 3.44. The number of rotatable bonds is 11. The second-order valence-corrected chi connectivity index (χ2v) is 12.8. The lowest BCUT2D eigenvalue weighted by Crippen LogP contribution is -2.29. The van der Waals surface area contributed by atoms with Crippen LogP contribution in [-0.2, 0) is 36.4 Å². The second-order valence-electron chi connectivity index (χ2n) is 8.43. The minimum atomic E-state index is -5.76. The third kappa shape index (κ3) is 9.58. The van der Waals surface area contributed by atoms with E-state index in [0.717, 1.165) is 16.8 Å². The van der Waals surface area contributed by atoms with Gasteiger partial charge in [-0.3, -0.25) is 18.9 Å². The molecule has 236 valence electrons. The van der Waals surface area contributed by atoms with E-state index in [1.54, 1.807) is 0 Å². The van der Waals surface area contributed by atoms with E-state index in [0.29, 0.717) is 0 Å². The van der Waals surface area contributed by atoms with Gasteiger partial charge in [0.25, 0.3) is 5.91 Å². The summed E-state index contributed by atoms with van der Waals surface area (Å²) >= 11 is 0. The van der Waals surface area contributed by atoms with Gasteiger partial charge in [-0.15, -0.1) is 0 Å². The lowest BCUT2D eigenvalue weighted by Gasteiger charge is -2.19. The summed E-state index contributed by atoms with van der Waals surface area (Å²) in [5, 5.41) is 31.7. The number of nitrogens with two attached hydrogens (primary N) is 1. The van der Waals surface area contributed by atoms with E-state index < -0.39 is 66.0 Å². The molecular formula is C19H24N5O16P3. The Labute approximate surface area is 240 Å². The molecule has 2 unspecified atom stereocenters.